The van der Waals surface area contributed by atoms with E-state index in [2.05, 4.69) is 164 Å². The summed E-state index contributed by atoms with van der Waals surface area (Å²) in [5.41, 5.74) is 4.08. The van der Waals surface area contributed by atoms with Gasteiger partial charge in [0.15, 0.2) is 0 Å². The molecule has 1 unspecified atom stereocenters. The van der Waals surface area contributed by atoms with E-state index in [0.717, 1.165) is 5.92 Å². The van der Waals surface area contributed by atoms with Crippen molar-refractivity contribution in [1.29, 1.82) is 0 Å². The van der Waals surface area contributed by atoms with Crippen LogP contribution in [0.4, 0.5) is 0 Å². The van der Waals surface area contributed by atoms with Gasteiger partial charge in [0.1, 0.15) is 0 Å². The quantitative estimate of drug-likeness (QED) is 0.158. The van der Waals surface area contributed by atoms with Crippen LogP contribution < -0.4 is 0 Å². The summed E-state index contributed by atoms with van der Waals surface area (Å²) in [4.78, 5) is 8.36. The molecule has 44 heavy (non-hydrogen) atoms. The molecule has 0 N–H and O–H groups in total. The van der Waals surface area contributed by atoms with E-state index in [1.165, 1.54) is 78.2 Å². The number of benzene rings is 6. The predicted octanol–water partition coefficient (Wildman–Crippen LogP) is 12.4. The first kappa shape index (κ1) is 28.8. The van der Waals surface area contributed by atoms with Gasteiger partial charge in [-0.15, -0.1) is 0 Å². The molecule has 0 heterocycles. The molecule has 0 spiro atoms. The third-order valence-electron chi connectivity index (χ3n) is 8.81. The smallest absolute Gasteiger partial charge is 0.00390 e. The Labute approximate surface area is 268 Å². The molecule has 0 amide bonds. The number of hydrogen-bond donors (Lipinski definition) is 2. The molecular formula is C42H40S2. The van der Waals surface area contributed by atoms with Gasteiger partial charge in [-0.3, -0.25) is 0 Å². The van der Waals surface area contributed by atoms with E-state index in [-0.39, 0.29) is 0 Å². The monoisotopic (exact) mass is 608 g/mol. The third kappa shape index (κ3) is 6.43. The van der Waals surface area contributed by atoms with Crippen molar-refractivity contribution in [3.63, 3.8) is 0 Å². The highest BCUT2D eigenvalue weighted by Gasteiger charge is 2.18. The van der Waals surface area contributed by atoms with Crippen molar-refractivity contribution >= 4 is 21.8 Å². The van der Waals surface area contributed by atoms with Crippen molar-refractivity contribution in [2.45, 2.75) is 67.4 Å². The summed E-state index contributed by atoms with van der Waals surface area (Å²) in [6.07, 6.45) is 6.81. The maximum absolute atomic E-state index is 2.44. The van der Waals surface area contributed by atoms with E-state index in [0.29, 0.717) is 0 Å². The lowest BCUT2D eigenvalue weighted by Gasteiger charge is -2.26. The van der Waals surface area contributed by atoms with Crippen molar-refractivity contribution < 1.29 is 0 Å². The highest BCUT2D eigenvalue weighted by Crippen LogP contribution is 2.54. The Morgan fingerprint density at radius 1 is 0.341 bits per heavy atom. The average Bonchev–Trinajstić information content (AvgIpc) is 3.11. The SMILES string of the molecule is c1ccc([SH](c2ccccc2)c2cccc(-c3cccc([SH](c4ccccc4)c4ccc(C5CCCCC5)cc4)c3)c2)cc1. The van der Waals surface area contributed by atoms with Crippen LogP contribution in [0.2, 0.25) is 0 Å². The summed E-state index contributed by atoms with van der Waals surface area (Å²) in [5.74, 6) is 0.730. The van der Waals surface area contributed by atoms with Crippen molar-refractivity contribution in [2.75, 3.05) is 0 Å². The average molecular weight is 609 g/mol. The Hall–Kier alpha value is -3.98. The molecule has 6 aromatic carbocycles. The molecule has 0 saturated heterocycles. The molecule has 1 aliphatic carbocycles. The van der Waals surface area contributed by atoms with E-state index >= 15 is 0 Å². The normalized spacial score (nSPS) is 15.0. The van der Waals surface area contributed by atoms with Crippen molar-refractivity contribution in [2.24, 2.45) is 0 Å². The Morgan fingerprint density at radius 3 is 1.16 bits per heavy atom. The van der Waals surface area contributed by atoms with Crippen molar-refractivity contribution in [3.05, 3.63) is 169 Å². The first-order valence-electron chi connectivity index (χ1n) is 15.9. The molecule has 0 aliphatic heterocycles. The largest absolute Gasteiger partial charge is 0.173 e. The molecule has 0 aromatic heterocycles. The maximum Gasteiger partial charge on any atom is -0.00390 e. The molecule has 6 aromatic rings. The van der Waals surface area contributed by atoms with Gasteiger partial charge in [-0.1, -0.05) is 110 Å². The summed E-state index contributed by atoms with van der Waals surface area (Å²) >= 11 is 0. The third-order valence-corrected chi connectivity index (χ3v) is 13.7. The first-order valence-corrected chi connectivity index (χ1v) is 18.6. The van der Waals surface area contributed by atoms with E-state index in [1.807, 2.05) is 0 Å². The molecule has 7 rings (SSSR count). The van der Waals surface area contributed by atoms with Crippen molar-refractivity contribution in [3.8, 4) is 11.1 Å². The lowest BCUT2D eigenvalue weighted by atomic mass is 9.84. The highest BCUT2D eigenvalue weighted by atomic mass is 32.2. The molecule has 220 valence electrons. The molecule has 0 nitrogen and oxygen atoms in total. The topological polar surface area (TPSA) is 0 Å². The van der Waals surface area contributed by atoms with Gasteiger partial charge in [0.2, 0.25) is 0 Å². The molecule has 1 fully saturated rings. The molecule has 1 aliphatic rings. The van der Waals surface area contributed by atoms with Crippen LogP contribution in [0.15, 0.2) is 193 Å². The Kier molecular flexibility index (Phi) is 9.00. The van der Waals surface area contributed by atoms with Gasteiger partial charge in [0.25, 0.3) is 0 Å². The van der Waals surface area contributed by atoms with Crippen LogP contribution in [-0.2, 0) is 0 Å². The fourth-order valence-corrected chi connectivity index (χ4v) is 11.3. The fraction of sp³-hybridized carbons (Fsp3) is 0.143. The van der Waals surface area contributed by atoms with E-state index in [1.54, 1.807) is 0 Å². The summed E-state index contributed by atoms with van der Waals surface area (Å²) in [5, 5.41) is 0. The number of hydrogen-bond acceptors (Lipinski definition) is 0. The van der Waals surface area contributed by atoms with Crippen LogP contribution in [-0.4, -0.2) is 0 Å². The van der Waals surface area contributed by atoms with Crippen LogP contribution in [0.3, 0.4) is 0 Å². The van der Waals surface area contributed by atoms with Gasteiger partial charge in [-0.2, -0.15) is 21.8 Å². The van der Waals surface area contributed by atoms with Gasteiger partial charge in [0.05, 0.1) is 0 Å². The Bertz CT molecular complexity index is 1730. The molecule has 1 atom stereocenters. The van der Waals surface area contributed by atoms with Gasteiger partial charge in [-0.25, -0.2) is 0 Å². The second-order valence-corrected chi connectivity index (χ2v) is 16.1. The molecule has 0 bridgehead atoms. The van der Waals surface area contributed by atoms with Gasteiger partial charge in [-0.05, 0) is 138 Å². The summed E-state index contributed by atoms with van der Waals surface area (Å²) in [6, 6.07) is 61.3. The first-order chi connectivity index (χ1) is 21.8. The zero-order chi connectivity index (χ0) is 29.6. The Morgan fingerprint density at radius 2 is 0.727 bits per heavy atom. The summed E-state index contributed by atoms with van der Waals surface area (Å²) in [7, 11) is -1.32. The van der Waals surface area contributed by atoms with Crippen LogP contribution in [0.5, 0.6) is 0 Å². The van der Waals surface area contributed by atoms with Crippen LogP contribution in [0.25, 0.3) is 11.1 Å². The molecular weight excluding hydrogens is 569 g/mol. The number of rotatable bonds is 8. The second kappa shape index (κ2) is 13.8. The van der Waals surface area contributed by atoms with E-state index < -0.39 is 21.8 Å². The van der Waals surface area contributed by atoms with E-state index in [9.17, 15) is 0 Å². The van der Waals surface area contributed by atoms with Crippen molar-refractivity contribution in [1.82, 2.24) is 0 Å². The minimum absolute atomic E-state index is 0.650. The highest BCUT2D eigenvalue weighted by molar-refractivity contribution is 8.17. The van der Waals surface area contributed by atoms with Crippen LogP contribution in [0.1, 0.15) is 43.6 Å². The second-order valence-electron chi connectivity index (χ2n) is 11.7. The molecule has 1 saturated carbocycles. The lowest BCUT2D eigenvalue weighted by Crippen LogP contribution is -2.04. The zero-order valence-electron chi connectivity index (χ0n) is 25.1. The maximum atomic E-state index is 2.44. The Balaban J connectivity index is 1.26. The van der Waals surface area contributed by atoms with Gasteiger partial charge >= 0.3 is 0 Å². The van der Waals surface area contributed by atoms with Crippen LogP contribution >= 0.6 is 21.8 Å². The van der Waals surface area contributed by atoms with Gasteiger partial charge in [0, 0.05) is 0 Å². The predicted molar refractivity (Wildman–Crippen MR) is 191 cm³/mol. The summed E-state index contributed by atoms with van der Waals surface area (Å²) < 4.78 is 0. The lowest BCUT2D eigenvalue weighted by molar-refractivity contribution is 0.443. The number of thiol groups is 2. The minimum Gasteiger partial charge on any atom is -0.173 e. The zero-order valence-corrected chi connectivity index (χ0v) is 26.9. The van der Waals surface area contributed by atoms with Gasteiger partial charge < -0.3 is 0 Å². The molecule has 0 radical (unpaired) electrons. The summed E-state index contributed by atoms with van der Waals surface area (Å²) in [6.45, 7) is 0. The minimum atomic E-state index is -0.671. The molecule has 2 heteroatoms. The van der Waals surface area contributed by atoms with Crippen LogP contribution in [0, 0.1) is 0 Å². The fourth-order valence-electron chi connectivity index (χ4n) is 6.61. The standard InChI is InChI=1S/C42H40S2/c1-5-15-33(16-6-1)34-27-29-40(30-28-34)44(39-23-11-4-12-24-39)42-26-14-18-36(32-42)35-17-13-25-41(31-35)43(37-19-7-2-8-20-37)38-21-9-3-10-22-38/h2-4,7-14,17-33,43-44H,1,5-6,15-16H2. The van der Waals surface area contributed by atoms with E-state index in [4.69, 9.17) is 0 Å².